The first-order chi connectivity index (χ1) is 30.1. The van der Waals surface area contributed by atoms with Crippen LogP contribution >= 0.6 is 0 Å². The van der Waals surface area contributed by atoms with E-state index in [1.165, 1.54) is 11.1 Å². The molecule has 10 atom stereocenters. The summed E-state index contributed by atoms with van der Waals surface area (Å²) in [5.74, 6) is 0. The maximum Gasteiger partial charge on any atom is 0.187 e. The number of rotatable bonds is 24. The van der Waals surface area contributed by atoms with Crippen LogP contribution in [0.25, 0.3) is 0 Å². The van der Waals surface area contributed by atoms with E-state index in [0.717, 1.165) is 48.0 Å². The highest BCUT2D eigenvalue weighted by atomic mass is 16.7. The molecule has 8 N–H and O–H groups in total. The monoisotopic (exact) mass is 897 g/mol. The summed E-state index contributed by atoms with van der Waals surface area (Å²) in [6.07, 6.45) is 24.8. The minimum absolute atomic E-state index is 0.492. The van der Waals surface area contributed by atoms with Crippen molar-refractivity contribution in [1.82, 2.24) is 0 Å². The van der Waals surface area contributed by atoms with Crippen LogP contribution in [0.3, 0.4) is 0 Å². The molecule has 2 rings (SSSR count). The summed E-state index contributed by atoms with van der Waals surface area (Å²) < 4.78 is 22.9. The molecule has 2 heterocycles. The third-order valence-corrected chi connectivity index (χ3v) is 11.0. The molecule has 12 heteroatoms. The van der Waals surface area contributed by atoms with Gasteiger partial charge in [-0.1, -0.05) is 131 Å². The van der Waals surface area contributed by atoms with Gasteiger partial charge < -0.3 is 59.8 Å². The molecular weight excluding hydrogens is 817 g/mol. The van der Waals surface area contributed by atoms with Gasteiger partial charge in [0.25, 0.3) is 0 Å². The Hall–Kier alpha value is -3.34. The first-order valence-electron chi connectivity index (χ1n) is 22.5. The largest absolute Gasteiger partial charge is 0.394 e. The summed E-state index contributed by atoms with van der Waals surface area (Å²) in [5.41, 5.74) is 5.60. The molecule has 0 aliphatic carbocycles. The Kier molecular flexibility index (Phi) is 25.4. The van der Waals surface area contributed by atoms with Crippen molar-refractivity contribution >= 4 is 0 Å². The lowest BCUT2D eigenvalue weighted by molar-refractivity contribution is -0.323. The van der Waals surface area contributed by atoms with Gasteiger partial charge in [-0.2, -0.15) is 0 Å². The van der Waals surface area contributed by atoms with Crippen molar-refractivity contribution in [3.05, 3.63) is 131 Å². The van der Waals surface area contributed by atoms with Gasteiger partial charge in [0, 0.05) is 0 Å². The van der Waals surface area contributed by atoms with Crippen molar-refractivity contribution in [3.63, 3.8) is 0 Å². The third kappa shape index (κ3) is 21.3. The van der Waals surface area contributed by atoms with Gasteiger partial charge in [0.15, 0.2) is 12.6 Å². The molecule has 2 aliphatic rings. The molecule has 360 valence electrons. The highest BCUT2D eigenvalue weighted by Gasteiger charge is 2.47. The van der Waals surface area contributed by atoms with Gasteiger partial charge >= 0.3 is 0 Å². The smallest absolute Gasteiger partial charge is 0.187 e. The predicted octanol–water partition coefficient (Wildman–Crippen LogP) is 6.98. The minimum Gasteiger partial charge on any atom is -0.394 e. The first kappa shape index (κ1) is 56.8. The molecule has 0 aromatic carbocycles. The second kappa shape index (κ2) is 28.6. The van der Waals surface area contributed by atoms with Crippen molar-refractivity contribution in [2.24, 2.45) is 0 Å². The van der Waals surface area contributed by atoms with E-state index >= 15 is 0 Å². The fourth-order valence-corrected chi connectivity index (χ4v) is 6.90. The second-order valence-electron chi connectivity index (χ2n) is 18.3. The number of ether oxygens (including phenoxy) is 4. The third-order valence-electron chi connectivity index (χ3n) is 11.0. The highest BCUT2D eigenvalue weighted by molar-refractivity contribution is 5.32. The van der Waals surface area contributed by atoms with Crippen LogP contribution in [0, 0.1) is 0 Å². The SMILES string of the molecule is CC(/C=C/C=C(C)/C=C/C=C(\C)CCCC(C)(C)O[C@@H]1O[C@H](CO)[C@@H](O)[C@H](O)[C@H]1O)=C\C=C\C=C(C)\C=C\C=C(C)\C=C\C=C(/C)CCCC(C)(C)O[C@@H]1O[C@H](CO)[C@@H](O)[C@H](O)[C@H]1O. The molecule has 0 bridgehead atoms. The van der Waals surface area contributed by atoms with Gasteiger partial charge in [-0.3, -0.25) is 0 Å². The summed E-state index contributed by atoms with van der Waals surface area (Å²) in [4.78, 5) is 0. The molecule has 0 aromatic rings. The van der Waals surface area contributed by atoms with Crippen LogP contribution in [0.4, 0.5) is 0 Å². The summed E-state index contributed by atoms with van der Waals surface area (Å²) in [6, 6.07) is 0. The number of aliphatic hydroxyl groups is 8. The van der Waals surface area contributed by atoms with Crippen molar-refractivity contribution in [1.29, 1.82) is 0 Å². The van der Waals surface area contributed by atoms with Gasteiger partial charge in [-0.15, -0.1) is 0 Å². The molecule has 0 aromatic heterocycles. The average Bonchev–Trinajstić information content (AvgIpc) is 3.22. The lowest BCUT2D eigenvalue weighted by Gasteiger charge is -2.42. The molecule has 0 spiro atoms. The first-order valence-corrected chi connectivity index (χ1v) is 22.5. The molecule has 64 heavy (non-hydrogen) atoms. The van der Waals surface area contributed by atoms with Crippen LogP contribution in [0.1, 0.15) is 108 Å². The normalized spacial score (nSPS) is 29.2. The van der Waals surface area contributed by atoms with Gasteiger partial charge in [0.05, 0.1) is 24.4 Å². The zero-order chi connectivity index (χ0) is 48.0. The van der Waals surface area contributed by atoms with E-state index < -0.39 is 85.8 Å². The van der Waals surface area contributed by atoms with Crippen molar-refractivity contribution < 1.29 is 59.8 Å². The standard InChI is InChI=1S/C52H80O12/c1-35(21-13-23-37(3)25-15-27-39(5)29-17-31-51(7,8)63-49-47(59)45(57)43(55)41(33-53)61-49)19-11-12-20-36(2)22-14-24-38(4)26-16-28-40(6)30-18-32-52(9,10)64-50-48(60)46(58)44(56)42(34-54)62-50/h11-16,19-28,41-50,53-60H,17-18,29-34H2,1-10H3/b12-11+,21-13+,22-14+,25-15+,26-16+,35-19+,36-20+,37-23+,38-24+,39-27+,40-28+/t41-,42-,43-,44-,45+,46+,47-,48-,49+,50+/m1/s1. The molecule has 2 saturated heterocycles. The summed E-state index contributed by atoms with van der Waals surface area (Å²) in [5, 5.41) is 79.6. The van der Waals surface area contributed by atoms with Gasteiger partial charge in [-0.05, 0) is 108 Å². The Morgan fingerprint density at radius 2 is 0.734 bits per heavy atom. The van der Waals surface area contributed by atoms with E-state index in [9.17, 15) is 40.9 Å². The molecular formula is C52H80O12. The fraction of sp³-hybridized carbons (Fsp3) is 0.577. The quantitative estimate of drug-likeness (QED) is 0.0464. The van der Waals surface area contributed by atoms with Gasteiger partial charge in [0.1, 0.15) is 48.8 Å². The van der Waals surface area contributed by atoms with E-state index in [-0.39, 0.29) is 0 Å². The van der Waals surface area contributed by atoms with E-state index in [0.29, 0.717) is 12.8 Å². The van der Waals surface area contributed by atoms with E-state index in [4.69, 9.17) is 18.9 Å². The number of aliphatic hydroxyl groups excluding tert-OH is 8. The predicted molar refractivity (Wildman–Crippen MR) is 254 cm³/mol. The minimum atomic E-state index is -1.46. The van der Waals surface area contributed by atoms with Gasteiger partial charge in [0.2, 0.25) is 0 Å². The van der Waals surface area contributed by atoms with Crippen LogP contribution in [-0.2, 0) is 18.9 Å². The molecule has 0 saturated carbocycles. The lowest BCUT2D eigenvalue weighted by atomic mass is 9.96. The maximum atomic E-state index is 10.3. The second-order valence-corrected chi connectivity index (χ2v) is 18.3. The molecule has 0 amide bonds. The van der Waals surface area contributed by atoms with Crippen LogP contribution in [-0.4, -0.2) is 127 Å². The zero-order valence-corrected chi connectivity index (χ0v) is 39.9. The molecule has 12 nitrogen and oxygen atoms in total. The fourth-order valence-electron chi connectivity index (χ4n) is 6.90. The maximum absolute atomic E-state index is 10.3. The number of hydrogen-bond acceptors (Lipinski definition) is 12. The Balaban J connectivity index is 1.73. The summed E-state index contributed by atoms with van der Waals surface area (Å²) in [7, 11) is 0. The molecule has 0 unspecified atom stereocenters. The number of allylic oxidation sites excluding steroid dienone is 22. The Bertz CT molecular complexity index is 1630. The van der Waals surface area contributed by atoms with Crippen molar-refractivity contribution in [2.45, 2.75) is 180 Å². The van der Waals surface area contributed by atoms with E-state index in [1.807, 2.05) is 64.2 Å². The highest BCUT2D eigenvalue weighted by Crippen LogP contribution is 2.30. The lowest BCUT2D eigenvalue weighted by Crippen LogP contribution is -2.60. The molecule has 0 radical (unpaired) electrons. The summed E-state index contributed by atoms with van der Waals surface area (Å²) in [6.45, 7) is 18.9. The van der Waals surface area contributed by atoms with Crippen LogP contribution < -0.4 is 0 Å². The summed E-state index contributed by atoms with van der Waals surface area (Å²) >= 11 is 0. The topological polar surface area (TPSA) is 199 Å². The van der Waals surface area contributed by atoms with Gasteiger partial charge in [-0.25, -0.2) is 0 Å². The van der Waals surface area contributed by atoms with E-state index in [1.54, 1.807) is 0 Å². The van der Waals surface area contributed by atoms with Crippen molar-refractivity contribution in [3.8, 4) is 0 Å². The molecule has 2 aliphatic heterocycles. The average molecular weight is 897 g/mol. The van der Waals surface area contributed by atoms with Crippen LogP contribution in [0.15, 0.2) is 131 Å². The Morgan fingerprint density at radius 1 is 0.438 bits per heavy atom. The molecule has 2 fully saturated rings. The van der Waals surface area contributed by atoms with E-state index in [2.05, 4.69) is 102 Å². The van der Waals surface area contributed by atoms with Crippen LogP contribution in [0.5, 0.6) is 0 Å². The number of hydrogen-bond donors (Lipinski definition) is 8. The van der Waals surface area contributed by atoms with Crippen molar-refractivity contribution in [2.75, 3.05) is 13.2 Å². The Morgan fingerprint density at radius 3 is 1.05 bits per heavy atom. The zero-order valence-electron chi connectivity index (χ0n) is 39.9. The van der Waals surface area contributed by atoms with Crippen LogP contribution in [0.2, 0.25) is 0 Å². The Labute approximate surface area is 383 Å².